The van der Waals surface area contributed by atoms with Crippen molar-refractivity contribution in [2.24, 2.45) is 17.6 Å². The van der Waals surface area contributed by atoms with Gasteiger partial charge in [-0.15, -0.1) is 0 Å². The van der Waals surface area contributed by atoms with Crippen molar-refractivity contribution < 1.29 is 0 Å². The Morgan fingerprint density at radius 3 is 2.55 bits per heavy atom. The topological polar surface area (TPSA) is 26.0 Å². The maximum atomic E-state index is 6.06. The van der Waals surface area contributed by atoms with Crippen LogP contribution >= 0.6 is 12.6 Å². The number of hydrogen-bond donors (Lipinski definition) is 2. The van der Waals surface area contributed by atoms with Crippen LogP contribution in [0.15, 0.2) is 0 Å². The third-order valence-electron chi connectivity index (χ3n) is 3.03. The van der Waals surface area contributed by atoms with Crippen LogP contribution in [0.25, 0.3) is 0 Å². The smallest absolute Gasteiger partial charge is 0.0101 e. The molecule has 0 radical (unpaired) electrons. The van der Waals surface area contributed by atoms with Gasteiger partial charge in [0.1, 0.15) is 0 Å². The van der Waals surface area contributed by atoms with Crippen LogP contribution in [0.1, 0.15) is 33.1 Å². The van der Waals surface area contributed by atoms with Crippen LogP contribution in [0.3, 0.4) is 0 Å². The van der Waals surface area contributed by atoms with Crippen molar-refractivity contribution in [2.75, 3.05) is 0 Å². The van der Waals surface area contributed by atoms with E-state index in [4.69, 9.17) is 5.73 Å². The molecule has 2 heteroatoms. The molecule has 1 rings (SSSR count). The highest BCUT2D eigenvalue weighted by molar-refractivity contribution is 7.81. The first-order valence-corrected chi connectivity index (χ1v) is 5.08. The molecule has 1 aliphatic carbocycles. The molecule has 0 aliphatic heterocycles. The molecule has 1 aliphatic rings. The average molecular weight is 173 g/mol. The van der Waals surface area contributed by atoms with Crippen molar-refractivity contribution in [2.45, 2.75) is 44.4 Å². The van der Waals surface area contributed by atoms with Gasteiger partial charge in [0.2, 0.25) is 0 Å². The van der Waals surface area contributed by atoms with Crippen LogP contribution in [0.2, 0.25) is 0 Å². The Morgan fingerprint density at radius 1 is 1.27 bits per heavy atom. The first-order chi connectivity index (χ1) is 5.13. The molecule has 1 nitrogen and oxygen atoms in total. The van der Waals surface area contributed by atoms with E-state index in [-0.39, 0.29) is 0 Å². The molecule has 0 saturated heterocycles. The van der Waals surface area contributed by atoms with Gasteiger partial charge in [0.05, 0.1) is 0 Å². The van der Waals surface area contributed by atoms with Crippen LogP contribution in [0.4, 0.5) is 0 Å². The Bertz CT molecular complexity index is 113. The summed E-state index contributed by atoms with van der Waals surface area (Å²) in [6.45, 7) is 4.48. The van der Waals surface area contributed by atoms with E-state index in [2.05, 4.69) is 26.5 Å². The first kappa shape index (κ1) is 9.40. The molecule has 11 heavy (non-hydrogen) atoms. The van der Waals surface area contributed by atoms with Gasteiger partial charge in [0.25, 0.3) is 0 Å². The highest BCUT2D eigenvalue weighted by Gasteiger charge is 2.27. The van der Waals surface area contributed by atoms with Gasteiger partial charge in [-0.3, -0.25) is 0 Å². The first-order valence-electron chi connectivity index (χ1n) is 4.56. The second-order valence-corrected chi connectivity index (χ2v) is 4.58. The third kappa shape index (κ3) is 2.12. The second kappa shape index (κ2) is 3.81. The minimum absolute atomic E-state index is 0.361. The molecule has 3 unspecified atom stereocenters. The van der Waals surface area contributed by atoms with Gasteiger partial charge in [0.15, 0.2) is 0 Å². The highest BCUT2D eigenvalue weighted by atomic mass is 32.1. The van der Waals surface area contributed by atoms with E-state index < -0.39 is 0 Å². The monoisotopic (exact) mass is 173 g/mol. The largest absolute Gasteiger partial charge is 0.327 e. The maximum absolute atomic E-state index is 6.06. The van der Waals surface area contributed by atoms with E-state index in [1.807, 2.05) is 0 Å². The molecule has 0 bridgehead atoms. The normalized spacial score (nSPS) is 46.9. The third-order valence-corrected chi connectivity index (χ3v) is 3.76. The predicted molar refractivity (Wildman–Crippen MR) is 52.9 cm³/mol. The second-order valence-electron chi connectivity index (χ2n) is 3.91. The Labute approximate surface area is 75.1 Å². The fraction of sp³-hybridized carbons (Fsp3) is 1.00. The van der Waals surface area contributed by atoms with Gasteiger partial charge in [-0.1, -0.05) is 20.3 Å². The maximum Gasteiger partial charge on any atom is 0.0101 e. The molecule has 1 fully saturated rings. The van der Waals surface area contributed by atoms with Gasteiger partial charge in [0, 0.05) is 11.3 Å². The quantitative estimate of drug-likeness (QED) is 0.425. The molecule has 2 N–H and O–H groups in total. The van der Waals surface area contributed by atoms with E-state index in [1.54, 1.807) is 0 Å². The fourth-order valence-electron chi connectivity index (χ4n) is 1.88. The lowest BCUT2D eigenvalue weighted by Gasteiger charge is -2.25. The zero-order valence-corrected chi connectivity index (χ0v) is 8.35. The minimum atomic E-state index is 0.361. The Morgan fingerprint density at radius 2 is 1.91 bits per heavy atom. The van der Waals surface area contributed by atoms with E-state index in [9.17, 15) is 0 Å². The van der Waals surface area contributed by atoms with Gasteiger partial charge < -0.3 is 5.73 Å². The summed E-state index contributed by atoms with van der Waals surface area (Å²) >= 11 is 4.55. The Kier molecular flexibility index (Phi) is 3.26. The van der Waals surface area contributed by atoms with Crippen LogP contribution in [-0.2, 0) is 0 Å². The molecule has 66 valence electrons. The zero-order valence-electron chi connectivity index (χ0n) is 7.46. The summed E-state index contributed by atoms with van der Waals surface area (Å²) < 4.78 is 0. The number of rotatable bonds is 0. The van der Waals surface area contributed by atoms with Crippen molar-refractivity contribution >= 4 is 12.6 Å². The lowest BCUT2D eigenvalue weighted by molar-refractivity contribution is 0.355. The molecule has 0 aromatic heterocycles. The lowest BCUT2D eigenvalue weighted by atomic mass is 9.90. The van der Waals surface area contributed by atoms with E-state index >= 15 is 0 Å². The van der Waals surface area contributed by atoms with Crippen molar-refractivity contribution in [3.8, 4) is 0 Å². The molecular formula is C9H19NS. The molecule has 0 aromatic rings. The summed E-state index contributed by atoms with van der Waals surface area (Å²) in [6, 6.07) is 0.361. The van der Waals surface area contributed by atoms with Gasteiger partial charge in [-0.25, -0.2) is 0 Å². The van der Waals surface area contributed by atoms with E-state index in [0.29, 0.717) is 23.1 Å². The molecule has 0 amide bonds. The van der Waals surface area contributed by atoms with Gasteiger partial charge in [-0.2, -0.15) is 12.6 Å². The summed E-state index contributed by atoms with van der Waals surface area (Å²) in [5, 5.41) is 0.523. The lowest BCUT2D eigenvalue weighted by Crippen LogP contribution is -2.37. The number of hydrogen-bond acceptors (Lipinski definition) is 2. The summed E-state index contributed by atoms with van der Waals surface area (Å²) in [5.74, 6) is 1.26. The van der Waals surface area contributed by atoms with Crippen LogP contribution in [-0.4, -0.2) is 11.3 Å². The zero-order chi connectivity index (χ0) is 8.43. The summed E-state index contributed by atoms with van der Waals surface area (Å²) in [4.78, 5) is 0. The van der Waals surface area contributed by atoms with Gasteiger partial charge in [-0.05, 0) is 24.7 Å². The van der Waals surface area contributed by atoms with Crippen LogP contribution < -0.4 is 5.73 Å². The number of thiol groups is 1. The summed E-state index contributed by atoms with van der Waals surface area (Å²) in [7, 11) is 0. The predicted octanol–water partition coefficient (Wildman–Crippen LogP) is 2.07. The van der Waals surface area contributed by atoms with Crippen LogP contribution in [0.5, 0.6) is 0 Å². The fourth-order valence-corrected chi connectivity index (χ4v) is 2.26. The number of nitrogens with two attached hydrogens (primary N) is 1. The molecular weight excluding hydrogens is 154 g/mol. The highest BCUT2D eigenvalue weighted by Crippen LogP contribution is 2.29. The van der Waals surface area contributed by atoms with E-state index in [0.717, 1.165) is 0 Å². The molecule has 1 saturated carbocycles. The molecule has 0 heterocycles. The van der Waals surface area contributed by atoms with Crippen molar-refractivity contribution in [1.82, 2.24) is 0 Å². The standard InChI is InChI=1S/C9H19NS/c1-6-4-3-5-8(11)7(2)9(6)10/h6-9,11H,3-5,10H2,1-2H3/t6-,7?,8?,9?/m1/s1. The molecule has 0 aromatic carbocycles. The van der Waals surface area contributed by atoms with Crippen molar-refractivity contribution in [1.29, 1.82) is 0 Å². The average Bonchev–Trinajstić information content (AvgIpc) is 2.07. The molecule has 0 spiro atoms. The SMILES string of the molecule is CC1C(S)CCC[C@@H](C)C1N. The molecule has 4 atom stereocenters. The Hall–Kier alpha value is 0.310. The van der Waals surface area contributed by atoms with Crippen molar-refractivity contribution in [3.63, 3.8) is 0 Å². The minimum Gasteiger partial charge on any atom is -0.327 e. The Balaban J connectivity index is 2.58. The van der Waals surface area contributed by atoms with E-state index in [1.165, 1.54) is 19.3 Å². The van der Waals surface area contributed by atoms with Crippen molar-refractivity contribution in [3.05, 3.63) is 0 Å². The van der Waals surface area contributed by atoms with Gasteiger partial charge >= 0.3 is 0 Å². The van der Waals surface area contributed by atoms with Crippen LogP contribution in [0, 0.1) is 11.8 Å². The summed E-state index contributed by atoms with van der Waals surface area (Å²) in [5.41, 5.74) is 6.06. The summed E-state index contributed by atoms with van der Waals surface area (Å²) in [6.07, 6.45) is 3.82.